The molecule has 1 aliphatic heterocycles. The van der Waals surface area contributed by atoms with Crippen LogP contribution in [0.4, 0.5) is 5.69 Å². The van der Waals surface area contributed by atoms with E-state index in [4.69, 9.17) is 5.11 Å². The van der Waals surface area contributed by atoms with Crippen molar-refractivity contribution in [3.8, 4) is 0 Å². The fourth-order valence-corrected chi connectivity index (χ4v) is 2.36. The van der Waals surface area contributed by atoms with Crippen molar-refractivity contribution < 1.29 is 9.90 Å². The van der Waals surface area contributed by atoms with Crippen LogP contribution < -0.4 is 4.90 Å². The lowest BCUT2D eigenvalue weighted by Gasteiger charge is -2.23. The third kappa shape index (κ3) is 3.31. The molecule has 0 amide bonds. The number of benzene rings is 1. The zero-order chi connectivity index (χ0) is 12.8. The van der Waals surface area contributed by atoms with Crippen LogP contribution in [0.5, 0.6) is 0 Å². The number of aliphatic hydroxyl groups is 1. The van der Waals surface area contributed by atoms with Gasteiger partial charge in [0.2, 0.25) is 0 Å². The Bertz CT molecular complexity index is 378. The number of hydrogen-bond donors (Lipinski definition) is 1. The molecule has 4 nitrogen and oxygen atoms in total. The third-order valence-electron chi connectivity index (χ3n) is 3.40. The third-order valence-corrected chi connectivity index (χ3v) is 3.40. The van der Waals surface area contributed by atoms with Crippen LogP contribution in [-0.2, 0) is 0 Å². The van der Waals surface area contributed by atoms with Crippen molar-refractivity contribution in [3.05, 3.63) is 29.8 Å². The molecule has 1 N–H and O–H groups in total. The molecule has 18 heavy (non-hydrogen) atoms. The van der Waals surface area contributed by atoms with Crippen LogP contribution in [0.15, 0.2) is 24.3 Å². The molecule has 0 aromatic heterocycles. The molecule has 1 aromatic carbocycles. The number of carbonyl (C=O) groups excluding carboxylic acids is 1. The van der Waals surface area contributed by atoms with Crippen molar-refractivity contribution in [2.75, 3.05) is 44.2 Å². The smallest absolute Gasteiger partial charge is 0.150 e. The highest BCUT2D eigenvalue weighted by Gasteiger charge is 2.14. The molecule has 0 atom stereocenters. The molecule has 0 saturated carbocycles. The molecule has 1 aliphatic rings. The molecule has 1 heterocycles. The van der Waals surface area contributed by atoms with E-state index in [0.717, 1.165) is 51.0 Å². The minimum Gasteiger partial charge on any atom is -0.395 e. The number of anilines is 1. The molecule has 0 unspecified atom stereocenters. The first-order chi connectivity index (χ1) is 8.83. The minimum absolute atomic E-state index is 0.230. The standard InChI is InChI=1S/C14H20N2O2/c17-11-10-15-6-1-7-16(9-8-15)14-4-2-13(12-18)3-5-14/h2-5,12,17H,1,6-11H2. The lowest BCUT2D eigenvalue weighted by atomic mass is 10.2. The lowest BCUT2D eigenvalue weighted by Crippen LogP contribution is -2.32. The SMILES string of the molecule is O=Cc1ccc(N2CCCN(CCO)CC2)cc1. The van der Waals surface area contributed by atoms with E-state index in [1.54, 1.807) is 0 Å². The largest absolute Gasteiger partial charge is 0.395 e. The first kappa shape index (κ1) is 13.1. The number of nitrogens with zero attached hydrogens (tertiary/aromatic N) is 2. The summed E-state index contributed by atoms with van der Waals surface area (Å²) < 4.78 is 0. The maximum absolute atomic E-state index is 10.6. The first-order valence-electron chi connectivity index (χ1n) is 6.47. The van der Waals surface area contributed by atoms with Crippen molar-refractivity contribution in [2.24, 2.45) is 0 Å². The Hall–Kier alpha value is -1.39. The summed E-state index contributed by atoms with van der Waals surface area (Å²) >= 11 is 0. The maximum Gasteiger partial charge on any atom is 0.150 e. The van der Waals surface area contributed by atoms with Gasteiger partial charge in [0.25, 0.3) is 0 Å². The van der Waals surface area contributed by atoms with Gasteiger partial charge < -0.3 is 10.0 Å². The summed E-state index contributed by atoms with van der Waals surface area (Å²) in [4.78, 5) is 15.3. The highest BCUT2D eigenvalue weighted by Crippen LogP contribution is 2.16. The van der Waals surface area contributed by atoms with Crippen LogP contribution in [0.3, 0.4) is 0 Å². The second-order valence-corrected chi connectivity index (χ2v) is 4.62. The fraction of sp³-hybridized carbons (Fsp3) is 0.500. The number of aliphatic hydroxyl groups excluding tert-OH is 1. The summed E-state index contributed by atoms with van der Waals surface area (Å²) in [6.07, 6.45) is 1.98. The number of β-amino-alcohol motifs (C(OH)–C–C–N with tert-alkyl or cyclic N) is 1. The van der Waals surface area contributed by atoms with E-state index in [0.29, 0.717) is 0 Å². The van der Waals surface area contributed by atoms with E-state index in [-0.39, 0.29) is 6.61 Å². The zero-order valence-corrected chi connectivity index (χ0v) is 10.6. The monoisotopic (exact) mass is 248 g/mol. The highest BCUT2D eigenvalue weighted by atomic mass is 16.3. The number of hydrogen-bond acceptors (Lipinski definition) is 4. The van der Waals surface area contributed by atoms with Gasteiger partial charge in [-0.1, -0.05) is 0 Å². The predicted octanol–water partition coefficient (Wildman–Crippen LogP) is 1.00. The Morgan fingerprint density at radius 1 is 1.11 bits per heavy atom. The Labute approximate surface area is 108 Å². The highest BCUT2D eigenvalue weighted by molar-refractivity contribution is 5.75. The molecule has 98 valence electrons. The summed E-state index contributed by atoms with van der Waals surface area (Å²) in [5.41, 5.74) is 1.89. The Morgan fingerprint density at radius 2 is 1.89 bits per heavy atom. The molecule has 2 rings (SSSR count). The topological polar surface area (TPSA) is 43.8 Å². The van der Waals surface area contributed by atoms with Gasteiger partial charge in [0.05, 0.1) is 6.61 Å². The first-order valence-corrected chi connectivity index (χ1v) is 6.47. The van der Waals surface area contributed by atoms with E-state index in [9.17, 15) is 4.79 Å². The normalized spacial score (nSPS) is 17.5. The van der Waals surface area contributed by atoms with Crippen molar-refractivity contribution in [3.63, 3.8) is 0 Å². The molecule has 0 radical (unpaired) electrons. The second-order valence-electron chi connectivity index (χ2n) is 4.62. The van der Waals surface area contributed by atoms with Crippen LogP contribution in [0.1, 0.15) is 16.8 Å². The Morgan fingerprint density at radius 3 is 2.56 bits per heavy atom. The van der Waals surface area contributed by atoms with Crippen molar-refractivity contribution in [1.29, 1.82) is 0 Å². The molecule has 0 bridgehead atoms. The Kier molecular flexibility index (Phi) is 4.73. The average molecular weight is 248 g/mol. The van der Waals surface area contributed by atoms with Crippen LogP contribution in [0.2, 0.25) is 0 Å². The van der Waals surface area contributed by atoms with Crippen LogP contribution in [0, 0.1) is 0 Å². The van der Waals surface area contributed by atoms with Gasteiger partial charge in [-0.05, 0) is 37.2 Å². The molecular weight excluding hydrogens is 228 g/mol. The molecule has 4 heteroatoms. The van der Waals surface area contributed by atoms with Gasteiger partial charge in [0, 0.05) is 37.4 Å². The number of carbonyl (C=O) groups is 1. The summed E-state index contributed by atoms with van der Waals surface area (Å²) in [5, 5.41) is 8.96. The number of rotatable bonds is 4. The fourth-order valence-electron chi connectivity index (χ4n) is 2.36. The van der Waals surface area contributed by atoms with Gasteiger partial charge >= 0.3 is 0 Å². The molecule has 1 fully saturated rings. The lowest BCUT2D eigenvalue weighted by molar-refractivity contribution is 0.112. The van der Waals surface area contributed by atoms with E-state index >= 15 is 0 Å². The molecular formula is C14H20N2O2. The molecule has 1 saturated heterocycles. The minimum atomic E-state index is 0.230. The van der Waals surface area contributed by atoms with Gasteiger partial charge in [0.15, 0.2) is 0 Å². The van der Waals surface area contributed by atoms with E-state index in [1.807, 2.05) is 24.3 Å². The van der Waals surface area contributed by atoms with Gasteiger partial charge in [-0.15, -0.1) is 0 Å². The average Bonchev–Trinajstić information content (AvgIpc) is 2.65. The van der Waals surface area contributed by atoms with Gasteiger partial charge in [-0.25, -0.2) is 0 Å². The Balaban J connectivity index is 1.98. The van der Waals surface area contributed by atoms with E-state index in [1.165, 1.54) is 5.69 Å². The predicted molar refractivity (Wildman–Crippen MR) is 72.2 cm³/mol. The van der Waals surface area contributed by atoms with E-state index < -0.39 is 0 Å². The quantitative estimate of drug-likeness (QED) is 0.807. The van der Waals surface area contributed by atoms with Gasteiger partial charge in [-0.2, -0.15) is 0 Å². The van der Waals surface area contributed by atoms with Crippen LogP contribution in [-0.4, -0.2) is 55.6 Å². The van der Waals surface area contributed by atoms with E-state index in [2.05, 4.69) is 9.80 Å². The van der Waals surface area contributed by atoms with Crippen LogP contribution in [0.25, 0.3) is 0 Å². The van der Waals surface area contributed by atoms with Crippen molar-refractivity contribution in [1.82, 2.24) is 4.90 Å². The van der Waals surface area contributed by atoms with Crippen LogP contribution >= 0.6 is 0 Å². The summed E-state index contributed by atoms with van der Waals surface area (Å²) in [6, 6.07) is 7.73. The summed E-state index contributed by atoms with van der Waals surface area (Å²) in [6.45, 7) is 5.02. The molecule has 1 aromatic rings. The zero-order valence-electron chi connectivity index (χ0n) is 10.6. The summed E-state index contributed by atoms with van der Waals surface area (Å²) in [7, 11) is 0. The van der Waals surface area contributed by atoms with Crippen molar-refractivity contribution in [2.45, 2.75) is 6.42 Å². The second kappa shape index (κ2) is 6.52. The molecule has 0 aliphatic carbocycles. The number of aldehydes is 1. The maximum atomic E-state index is 10.6. The van der Waals surface area contributed by atoms with Gasteiger partial charge in [-0.3, -0.25) is 9.69 Å². The van der Waals surface area contributed by atoms with Crippen molar-refractivity contribution >= 4 is 12.0 Å². The van der Waals surface area contributed by atoms with Gasteiger partial charge in [0.1, 0.15) is 6.29 Å². The summed E-state index contributed by atoms with van der Waals surface area (Å²) in [5.74, 6) is 0. The molecule has 0 spiro atoms.